The predicted molar refractivity (Wildman–Crippen MR) is 87.4 cm³/mol. The molecule has 8 nitrogen and oxygen atoms in total. The van der Waals surface area contributed by atoms with Crippen molar-refractivity contribution < 1.29 is 0 Å². The first kappa shape index (κ1) is 15.6. The van der Waals surface area contributed by atoms with Crippen LogP contribution in [-0.2, 0) is 6.42 Å². The van der Waals surface area contributed by atoms with Crippen molar-refractivity contribution in [3.8, 4) is 0 Å². The molecule has 0 aliphatic carbocycles. The van der Waals surface area contributed by atoms with Gasteiger partial charge < -0.3 is 0 Å². The van der Waals surface area contributed by atoms with Crippen LogP contribution in [0.25, 0.3) is 22.1 Å². The van der Waals surface area contributed by atoms with Crippen LogP contribution in [-0.4, -0.2) is 40.3 Å². The fraction of sp³-hybridized carbons (Fsp3) is 0.231. The number of nitrogens with one attached hydrogen (secondary N) is 2. The number of aromatic amines is 2. The van der Waals surface area contributed by atoms with Gasteiger partial charge in [-0.2, -0.15) is 10.2 Å². The number of halogens is 2. The normalized spacial score (nSPS) is 10.7. The number of rotatable bonds is 2. The highest BCUT2D eigenvalue weighted by molar-refractivity contribution is 6.34. The third kappa shape index (κ3) is 3.22. The van der Waals surface area contributed by atoms with Crippen molar-refractivity contribution in [2.45, 2.75) is 19.8 Å². The summed E-state index contributed by atoms with van der Waals surface area (Å²) in [4.78, 5) is 15.6. The summed E-state index contributed by atoms with van der Waals surface area (Å²) in [5.41, 5.74) is 2.33. The first-order valence-corrected chi connectivity index (χ1v) is 7.59. The van der Waals surface area contributed by atoms with E-state index < -0.39 is 0 Å². The van der Waals surface area contributed by atoms with E-state index in [0.717, 1.165) is 29.3 Å². The zero-order chi connectivity index (χ0) is 16.2. The van der Waals surface area contributed by atoms with Crippen molar-refractivity contribution in [1.29, 1.82) is 0 Å². The predicted octanol–water partition coefficient (Wildman–Crippen LogP) is 2.97. The second kappa shape index (κ2) is 6.84. The third-order valence-electron chi connectivity index (χ3n) is 3.08. The molecule has 0 fully saturated rings. The molecule has 0 aliphatic rings. The van der Waals surface area contributed by atoms with Gasteiger partial charge in [0.25, 0.3) is 0 Å². The van der Waals surface area contributed by atoms with Gasteiger partial charge in [0, 0.05) is 5.69 Å². The Kier molecular flexibility index (Phi) is 4.63. The van der Waals surface area contributed by atoms with E-state index in [1.807, 2.05) is 0 Å². The summed E-state index contributed by atoms with van der Waals surface area (Å²) in [6.45, 7) is 2.10. The lowest BCUT2D eigenvalue weighted by molar-refractivity contribution is 0.873. The topological polar surface area (TPSA) is 109 Å². The van der Waals surface area contributed by atoms with Gasteiger partial charge in [-0.15, -0.1) is 0 Å². The van der Waals surface area contributed by atoms with Crippen molar-refractivity contribution >= 4 is 45.3 Å². The molecule has 0 unspecified atom stereocenters. The van der Waals surface area contributed by atoms with Gasteiger partial charge in [0.2, 0.25) is 0 Å². The summed E-state index contributed by atoms with van der Waals surface area (Å²) in [6, 6.07) is 0. The van der Waals surface area contributed by atoms with Gasteiger partial charge in [-0.25, -0.2) is 19.9 Å². The molecule has 4 aromatic heterocycles. The van der Waals surface area contributed by atoms with Crippen LogP contribution >= 0.6 is 23.2 Å². The molecule has 0 amide bonds. The van der Waals surface area contributed by atoms with Crippen LogP contribution in [0, 0.1) is 0 Å². The van der Waals surface area contributed by atoms with E-state index in [1.54, 1.807) is 6.20 Å². The maximum Gasteiger partial charge on any atom is 0.185 e. The third-order valence-corrected chi connectivity index (χ3v) is 3.67. The van der Waals surface area contributed by atoms with Crippen molar-refractivity contribution in [2.24, 2.45) is 0 Å². The quantitative estimate of drug-likeness (QED) is 0.538. The fourth-order valence-electron chi connectivity index (χ4n) is 2.04. The average molecular weight is 351 g/mol. The second-order valence-corrected chi connectivity index (χ2v) is 5.33. The fourth-order valence-corrected chi connectivity index (χ4v) is 2.47. The Morgan fingerprint density at radius 2 is 1.78 bits per heavy atom. The number of aryl methyl sites for hydroxylation is 1. The van der Waals surface area contributed by atoms with Crippen LogP contribution in [0.1, 0.15) is 19.0 Å². The minimum atomic E-state index is 0.429. The minimum Gasteiger partial charge on any atom is -0.280 e. The molecule has 0 atom stereocenters. The molecule has 4 heterocycles. The SMILES string of the molecule is CCCc1[nH]nc2ncnc(Cl)c12.Clc1ncnc2[nH]ncc12. The van der Waals surface area contributed by atoms with E-state index in [2.05, 4.69) is 47.3 Å². The first-order chi connectivity index (χ1) is 11.2. The Labute approximate surface area is 140 Å². The summed E-state index contributed by atoms with van der Waals surface area (Å²) in [7, 11) is 0. The molecular weight excluding hydrogens is 339 g/mol. The zero-order valence-corrected chi connectivity index (χ0v) is 13.6. The molecule has 0 saturated carbocycles. The number of fused-ring (bicyclic) bond motifs is 2. The van der Waals surface area contributed by atoms with Gasteiger partial charge in [0.1, 0.15) is 23.0 Å². The molecule has 0 bridgehead atoms. The van der Waals surface area contributed by atoms with E-state index in [4.69, 9.17) is 23.2 Å². The van der Waals surface area contributed by atoms with Crippen LogP contribution < -0.4 is 0 Å². The molecule has 4 aromatic rings. The van der Waals surface area contributed by atoms with Gasteiger partial charge in [0.15, 0.2) is 11.3 Å². The first-order valence-electron chi connectivity index (χ1n) is 6.83. The zero-order valence-electron chi connectivity index (χ0n) is 12.1. The molecule has 10 heteroatoms. The number of hydrogen-bond acceptors (Lipinski definition) is 6. The average Bonchev–Trinajstić information content (AvgIpc) is 3.17. The second-order valence-electron chi connectivity index (χ2n) is 4.61. The number of aromatic nitrogens is 8. The lowest BCUT2D eigenvalue weighted by Gasteiger charge is -1.94. The van der Waals surface area contributed by atoms with Crippen molar-refractivity contribution in [2.75, 3.05) is 0 Å². The Balaban J connectivity index is 0.000000140. The van der Waals surface area contributed by atoms with E-state index in [-0.39, 0.29) is 0 Å². The van der Waals surface area contributed by atoms with Crippen molar-refractivity contribution in [3.63, 3.8) is 0 Å². The highest BCUT2D eigenvalue weighted by atomic mass is 35.5. The van der Waals surface area contributed by atoms with E-state index in [1.165, 1.54) is 12.7 Å². The lowest BCUT2D eigenvalue weighted by Crippen LogP contribution is -1.86. The smallest absolute Gasteiger partial charge is 0.185 e. The van der Waals surface area contributed by atoms with Crippen LogP contribution in [0.3, 0.4) is 0 Å². The summed E-state index contributed by atoms with van der Waals surface area (Å²) in [5, 5.41) is 15.9. The van der Waals surface area contributed by atoms with Crippen molar-refractivity contribution in [1.82, 2.24) is 40.3 Å². The standard InChI is InChI=1S/C8H9ClN4.C5H3ClN4/c1-2-3-5-6-7(9)10-4-11-8(6)13-12-5;6-4-3-1-9-10-5(3)8-2-7-4/h4H,2-3H2,1H3,(H,10,11,12,13);1-2H,(H,7,8,9,10). The maximum absolute atomic E-state index is 5.93. The molecule has 118 valence electrons. The molecule has 0 aromatic carbocycles. The summed E-state index contributed by atoms with van der Waals surface area (Å²) in [5.74, 6) is 0. The van der Waals surface area contributed by atoms with Gasteiger partial charge in [0.05, 0.1) is 17.0 Å². The molecule has 0 aliphatic heterocycles. The largest absolute Gasteiger partial charge is 0.280 e. The van der Waals surface area contributed by atoms with Gasteiger partial charge in [-0.1, -0.05) is 36.5 Å². The summed E-state index contributed by atoms with van der Waals surface area (Å²) >= 11 is 11.6. The molecule has 2 N–H and O–H groups in total. The molecule has 0 saturated heterocycles. The van der Waals surface area contributed by atoms with Gasteiger partial charge in [-0.3, -0.25) is 10.2 Å². The number of nitrogens with zero attached hydrogens (tertiary/aromatic N) is 6. The van der Waals surface area contributed by atoms with Gasteiger partial charge >= 0.3 is 0 Å². The summed E-state index contributed by atoms with van der Waals surface area (Å²) < 4.78 is 0. The lowest BCUT2D eigenvalue weighted by atomic mass is 10.2. The number of hydrogen-bond donors (Lipinski definition) is 2. The minimum absolute atomic E-state index is 0.429. The van der Waals surface area contributed by atoms with E-state index >= 15 is 0 Å². The molecule has 4 rings (SSSR count). The number of H-pyrrole nitrogens is 2. The Morgan fingerprint density at radius 3 is 2.57 bits per heavy atom. The molecule has 0 spiro atoms. The Bertz CT molecular complexity index is 932. The Morgan fingerprint density at radius 1 is 1.00 bits per heavy atom. The van der Waals surface area contributed by atoms with Crippen LogP contribution in [0.2, 0.25) is 10.3 Å². The van der Waals surface area contributed by atoms with Gasteiger partial charge in [-0.05, 0) is 6.42 Å². The Hall–Kier alpha value is -2.32. The highest BCUT2D eigenvalue weighted by Crippen LogP contribution is 2.21. The monoisotopic (exact) mass is 350 g/mol. The van der Waals surface area contributed by atoms with Crippen LogP contribution in [0.4, 0.5) is 0 Å². The highest BCUT2D eigenvalue weighted by Gasteiger charge is 2.09. The van der Waals surface area contributed by atoms with E-state index in [9.17, 15) is 0 Å². The van der Waals surface area contributed by atoms with Crippen molar-refractivity contribution in [3.05, 3.63) is 34.9 Å². The van der Waals surface area contributed by atoms with E-state index in [0.29, 0.717) is 21.6 Å². The maximum atomic E-state index is 5.93. The van der Waals surface area contributed by atoms with Crippen LogP contribution in [0.15, 0.2) is 18.9 Å². The molecule has 23 heavy (non-hydrogen) atoms. The van der Waals surface area contributed by atoms with Crippen LogP contribution in [0.5, 0.6) is 0 Å². The molecular formula is C13H12Cl2N8. The summed E-state index contributed by atoms with van der Waals surface area (Å²) in [6.07, 6.45) is 6.37. The molecule has 0 radical (unpaired) electrons.